The zero-order valence-corrected chi connectivity index (χ0v) is 13.0. The predicted octanol–water partition coefficient (Wildman–Crippen LogP) is 1.22. The minimum absolute atomic E-state index is 0.0250. The number of hydrogen-bond acceptors (Lipinski definition) is 4. The molecule has 0 fully saturated rings. The van der Waals surface area contributed by atoms with Crippen LogP contribution in [0.15, 0.2) is 18.2 Å². The van der Waals surface area contributed by atoms with E-state index in [0.29, 0.717) is 23.5 Å². The number of likely N-dealkylation sites (N-methyl/N-ethyl adjacent to an activating group) is 1. The van der Waals surface area contributed by atoms with Gasteiger partial charge in [0, 0.05) is 26.3 Å². The minimum atomic E-state index is -0.290. The van der Waals surface area contributed by atoms with Gasteiger partial charge in [-0.05, 0) is 18.6 Å². The van der Waals surface area contributed by atoms with Crippen LogP contribution < -0.4 is 10.5 Å². The molecule has 0 aliphatic rings. The average Bonchev–Trinajstić information content (AvgIpc) is 2.45. The third-order valence-corrected chi connectivity index (χ3v) is 3.10. The number of nitrogens with zero attached hydrogens (tertiary/aromatic N) is 2. The highest BCUT2D eigenvalue weighted by atomic mass is 16.5. The zero-order valence-electron chi connectivity index (χ0n) is 13.0. The fourth-order valence-electron chi connectivity index (χ4n) is 1.93. The van der Waals surface area contributed by atoms with Crippen LogP contribution in [0.4, 0.5) is 5.69 Å². The van der Waals surface area contributed by atoms with E-state index in [9.17, 15) is 9.59 Å². The molecule has 2 amide bonds. The van der Waals surface area contributed by atoms with Crippen LogP contribution in [0, 0.1) is 0 Å². The van der Waals surface area contributed by atoms with Gasteiger partial charge in [-0.1, -0.05) is 13.0 Å². The molecule has 116 valence electrons. The van der Waals surface area contributed by atoms with Gasteiger partial charge in [0.05, 0.1) is 7.11 Å². The predicted molar refractivity (Wildman–Crippen MR) is 82.3 cm³/mol. The number of nitrogens with two attached hydrogens (primary N) is 1. The smallest absolute Gasteiger partial charge is 0.260 e. The average molecular weight is 293 g/mol. The highest BCUT2D eigenvalue weighted by Crippen LogP contribution is 2.25. The molecule has 0 spiro atoms. The van der Waals surface area contributed by atoms with Crippen molar-refractivity contribution in [3.8, 4) is 5.75 Å². The lowest BCUT2D eigenvalue weighted by molar-refractivity contribution is -0.129. The van der Waals surface area contributed by atoms with Crippen LogP contribution >= 0.6 is 0 Å². The van der Waals surface area contributed by atoms with E-state index < -0.39 is 0 Å². The number of ether oxygens (including phenoxy) is 1. The molecule has 21 heavy (non-hydrogen) atoms. The maximum atomic E-state index is 12.7. The number of nitrogen functional groups attached to an aromatic ring is 1. The Kier molecular flexibility index (Phi) is 6.02. The van der Waals surface area contributed by atoms with E-state index in [4.69, 9.17) is 10.5 Å². The number of carbonyl (C=O) groups excluding carboxylic acids is 2. The van der Waals surface area contributed by atoms with E-state index in [0.717, 1.165) is 6.42 Å². The summed E-state index contributed by atoms with van der Waals surface area (Å²) in [6.07, 6.45) is 0.751. The summed E-state index contributed by atoms with van der Waals surface area (Å²) in [5.74, 6) is -0.00863. The van der Waals surface area contributed by atoms with E-state index in [1.807, 2.05) is 6.92 Å². The molecule has 6 heteroatoms. The summed E-state index contributed by atoms with van der Waals surface area (Å²) in [6.45, 7) is 2.46. The van der Waals surface area contributed by atoms with Crippen LogP contribution in [0.2, 0.25) is 0 Å². The van der Waals surface area contributed by atoms with Gasteiger partial charge >= 0.3 is 0 Å². The largest absolute Gasteiger partial charge is 0.496 e. The summed E-state index contributed by atoms with van der Waals surface area (Å²) in [4.78, 5) is 27.5. The van der Waals surface area contributed by atoms with Crippen molar-refractivity contribution in [1.82, 2.24) is 9.80 Å². The Morgan fingerprint density at radius 2 is 1.95 bits per heavy atom. The van der Waals surface area contributed by atoms with Gasteiger partial charge in [0.1, 0.15) is 17.9 Å². The number of hydrogen-bond donors (Lipinski definition) is 1. The van der Waals surface area contributed by atoms with Crippen molar-refractivity contribution in [2.24, 2.45) is 0 Å². The number of rotatable bonds is 6. The van der Waals surface area contributed by atoms with Crippen molar-refractivity contribution < 1.29 is 14.3 Å². The SMILES string of the molecule is CCCN(CC(=O)N(C)C)C(=O)c1c(N)cccc1OC. The van der Waals surface area contributed by atoms with E-state index in [1.54, 1.807) is 32.3 Å². The maximum absolute atomic E-state index is 12.7. The van der Waals surface area contributed by atoms with Gasteiger partial charge in [-0.25, -0.2) is 0 Å². The van der Waals surface area contributed by atoms with Gasteiger partial charge in [0.25, 0.3) is 5.91 Å². The summed E-state index contributed by atoms with van der Waals surface area (Å²) in [6, 6.07) is 5.05. The van der Waals surface area contributed by atoms with Gasteiger partial charge in [-0.3, -0.25) is 9.59 Å². The first-order valence-electron chi connectivity index (χ1n) is 6.84. The molecule has 0 heterocycles. The second-order valence-corrected chi connectivity index (χ2v) is 4.94. The topological polar surface area (TPSA) is 75.9 Å². The summed E-state index contributed by atoms with van der Waals surface area (Å²) >= 11 is 0. The first-order chi connectivity index (χ1) is 9.92. The molecule has 0 saturated heterocycles. The number of carbonyl (C=O) groups is 2. The van der Waals surface area contributed by atoms with E-state index >= 15 is 0 Å². The molecule has 0 aliphatic carbocycles. The van der Waals surface area contributed by atoms with Crippen molar-refractivity contribution in [3.63, 3.8) is 0 Å². The fraction of sp³-hybridized carbons (Fsp3) is 0.467. The van der Waals surface area contributed by atoms with Gasteiger partial charge in [0.15, 0.2) is 0 Å². The molecule has 2 N–H and O–H groups in total. The van der Waals surface area contributed by atoms with Crippen LogP contribution in [0.1, 0.15) is 23.7 Å². The lowest BCUT2D eigenvalue weighted by Crippen LogP contribution is -2.41. The van der Waals surface area contributed by atoms with E-state index in [1.165, 1.54) is 16.9 Å². The minimum Gasteiger partial charge on any atom is -0.496 e. The molecule has 0 radical (unpaired) electrons. The molecular formula is C15H23N3O3. The first-order valence-corrected chi connectivity index (χ1v) is 6.84. The summed E-state index contributed by atoms with van der Waals surface area (Å²) in [5.41, 5.74) is 6.55. The molecule has 6 nitrogen and oxygen atoms in total. The molecule has 0 aliphatic heterocycles. The first kappa shape index (κ1) is 16.8. The number of methoxy groups -OCH3 is 1. The third-order valence-electron chi connectivity index (χ3n) is 3.10. The maximum Gasteiger partial charge on any atom is 0.260 e. The quantitative estimate of drug-likeness (QED) is 0.800. The second-order valence-electron chi connectivity index (χ2n) is 4.94. The van der Waals surface area contributed by atoms with Gasteiger partial charge in [-0.2, -0.15) is 0 Å². The molecule has 0 unspecified atom stereocenters. The van der Waals surface area contributed by atoms with Crippen molar-refractivity contribution in [2.75, 3.05) is 40.0 Å². The molecule has 1 aromatic rings. The Labute approximate surface area is 125 Å². The van der Waals surface area contributed by atoms with Crippen LogP contribution in [-0.2, 0) is 4.79 Å². The Hall–Kier alpha value is -2.24. The Bertz CT molecular complexity index is 515. The van der Waals surface area contributed by atoms with E-state index in [-0.39, 0.29) is 18.4 Å². The monoisotopic (exact) mass is 293 g/mol. The molecule has 0 atom stereocenters. The fourth-order valence-corrected chi connectivity index (χ4v) is 1.93. The van der Waals surface area contributed by atoms with Crippen molar-refractivity contribution in [1.29, 1.82) is 0 Å². The lowest BCUT2D eigenvalue weighted by Gasteiger charge is -2.24. The Morgan fingerprint density at radius 3 is 2.48 bits per heavy atom. The molecule has 0 aromatic heterocycles. The highest BCUT2D eigenvalue weighted by molar-refractivity contribution is 6.03. The number of benzene rings is 1. The van der Waals surface area contributed by atoms with Crippen molar-refractivity contribution >= 4 is 17.5 Å². The standard InChI is InChI=1S/C15H23N3O3/c1-5-9-18(10-13(19)17(2)3)15(20)14-11(16)7-6-8-12(14)21-4/h6-8H,5,9-10,16H2,1-4H3. The summed E-state index contributed by atoms with van der Waals surface area (Å²) in [7, 11) is 4.81. The Morgan fingerprint density at radius 1 is 1.29 bits per heavy atom. The Balaban J connectivity index is 3.09. The summed E-state index contributed by atoms with van der Waals surface area (Å²) < 4.78 is 5.21. The number of amides is 2. The number of anilines is 1. The molecule has 0 bridgehead atoms. The van der Waals surface area contributed by atoms with Crippen molar-refractivity contribution in [2.45, 2.75) is 13.3 Å². The van der Waals surface area contributed by atoms with Crippen LogP contribution in [0.3, 0.4) is 0 Å². The third kappa shape index (κ3) is 4.11. The van der Waals surface area contributed by atoms with Crippen LogP contribution in [0.25, 0.3) is 0 Å². The van der Waals surface area contributed by atoms with E-state index in [2.05, 4.69) is 0 Å². The van der Waals surface area contributed by atoms with Crippen molar-refractivity contribution in [3.05, 3.63) is 23.8 Å². The normalized spacial score (nSPS) is 10.1. The molecule has 0 saturated carbocycles. The molecule has 1 aromatic carbocycles. The second kappa shape index (κ2) is 7.52. The summed E-state index contributed by atoms with van der Waals surface area (Å²) in [5, 5.41) is 0. The van der Waals surface area contributed by atoms with Gasteiger partial charge in [-0.15, -0.1) is 0 Å². The van der Waals surface area contributed by atoms with Gasteiger partial charge < -0.3 is 20.3 Å². The highest BCUT2D eigenvalue weighted by Gasteiger charge is 2.23. The molecular weight excluding hydrogens is 270 g/mol. The van der Waals surface area contributed by atoms with Crippen LogP contribution in [0.5, 0.6) is 5.75 Å². The lowest BCUT2D eigenvalue weighted by atomic mass is 10.1. The molecule has 1 rings (SSSR count). The van der Waals surface area contributed by atoms with Crippen LogP contribution in [-0.4, -0.2) is 55.9 Å². The zero-order chi connectivity index (χ0) is 16.0. The van der Waals surface area contributed by atoms with Gasteiger partial charge in [0.2, 0.25) is 5.91 Å².